The lowest BCUT2D eigenvalue weighted by molar-refractivity contribution is 0.745. The lowest BCUT2D eigenvalue weighted by Gasteiger charge is -2.09. The summed E-state index contributed by atoms with van der Waals surface area (Å²) in [6, 6.07) is 6.62. The van der Waals surface area contributed by atoms with Gasteiger partial charge in [-0.25, -0.2) is 0 Å². The van der Waals surface area contributed by atoms with Crippen molar-refractivity contribution in [3.63, 3.8) is 0 Å². The van der Waals surface area contributed by atoms with Gasteiger partial charge in [0.25, 0.3) is 0 Å². The highest BCUT2D eigenvalue weighted by atomic mass is 15.3. The third-order valence-corrected chi connectivity index (χ3v) is 3.45. The Morgan fingerprint density at radius 3 is 2.39 bits per heavy atom. The predicted molar refractivity (Wildman–Crippen MR) is 75.6 cm³/mol. The van der Waals surface area contributed by atoms with E-state index in [9.17, 15) is 0 Å². The molecule has 0 saturated carbocycles. The van der Waals surface area contributed by atoms with Crippen LogP contribution >= 0.6 is 0 Å². The molecule has 2 N–H and O–H groups in total. The third-order valence-electron chi connectivity index (χ3n) is 3.45. The molecular weight excluding hydrogens is 222 g/mol. The maximum atomic E-state index is 5.58. The molecule has 0 aliphatic heterocycles. The zero-order valence-electron chi connectivity index (χ0n) is 11.6. The number of benzene rings is 1. The zero-order valence-corrected chi connectivity index (χ0v) is 11.6. The maximum absolute atomic E-state index is 5.58. The fraction of sp³-hybridized carbons (Fsp3) is 0.400. The normalized spacial score (nSPS) is 10.9. The molecule has 0 atom stereocenters. The molecule has 0 radical (unpaired) electrons. The van der Waals surface area contributed by atoms with E-state index in [1.807, 2.05) is 11.7 Å². The van der Waals surface area contributed by atoms with Crippen LogP contribution in [-0.4, -0.2) is 16.3 Å². The van der Waals surface area contributed by atoms with Gasteiger partial charge in [-0.05, 0) is 56.1 Å². The highest BCUT2D eigenvalue weighted by Gasteiger charge is 2.10. The van der Waals surface area contributed by atoms with E-state index in [0.29, 0.717) is 6.54 Å². The summed E-state index contributed by atoms with van der Waals surface area (Å²) in [5.41, 5.74) is 13.0. The summed E-state index contributed by atoms with van der Waals surface area (Å²) >= 11 is 0. The van der Waals surface area contributed by atoms with Crippen molar-refractivity contribution >= 4 is 0 Å². The first-order valence-electron chi connectivity index (χ1n) is 6.34. The lowest BCUT2D eigenvalue weighted by Crippen LogP contribution is -2.03. The average Bonchev–Trinajstić information content (AvgIpc) is 2.65. The molecule has 0 spiro atoms. The second-order valence-electron chi connectivity index (χ2n) is 4.93. The van der Waals surface area contributed by atoms with Crippen LogP contribution in [0.2, 0.25) is 0 Å². The number of hydrogen-bond donors (Lipinski definition) is 1. The summed E-state index contributed by atoms with van der Waals surface area (Å²) in [6.45, 7) is 7.09. The fourth-order valence-electron chi connectivity index (χ4n) is 2.29. The van der Waals surface area contributed by atoms with E-state index >= 15 is 0 Å². The topological polar surface area (TPSA) is 43.8 Å². The molecule has 3 nitrogen and oxygen atoms in total. The molecule has 0 amide bonds. The van der Waals surface area contributed by atoms with Gasteiger partial charge in [-0.2, -0.15) is 5.10 Å². The molecule has 0 saturated heterocycles. The van der Waals surface area contributed by atoms with Crippen LogP contribution in [0.3, 0.4) is 0 Å². The van der Waals surface area contributed by atoms with Crippen molar-refractivity contribution in [2.45, 2.75) is 27.2 Å². The Morgan fingerprint density at radius 1 is 1.06 bits per heavy atom. The Hall–Kier alpha value is -1.61. The van der Waals surface area contributed by atoms with Crippen LogP contribution in [0.1, 0.15) is 22.4 Å². The average molecular weight is 243 g/mol. The number of aromatic nitrogens is 2. The molecule has 96 valence electrons. The summed E-state index contributed by atoms with van der Waals surface area (Å²) in [5, 5.41) is 4.51. The zero-order chi connectivity index (χ0) is 13.3. The van der Waals surface area contributed by atoms with E-state index in [-0.39, 0.29) is 0 Å². The molecule has 0 aliphatic rings. The van der Waals surface area contributed by atoms with Crippen molar-refractivity contribution < 1.29 is 0 Å². The molecule has 1 aromatic carbocycles. The van der Waals surface area contributed by atoms with Crippen LogP contribution in [0.25, 0.3) is 11.3 Å². The van der Waals surface area contributed by atoms with Crippen molar-refractivity contribution in [3.8, 4) is 11.3 Å². The molecule has 3 heteroatoms. The van der Waals surface area contributed by atoms with E-state index in [2.05, 4.69) is 44.1 Å². The van der Waals surface area contributed by atoms with Crippen LogP contribution in [0, 0.1) is 20.8 Å². The maximum Gasteiger partial charge on any atom is 0.0684 e. The SMILES string of the molecule is Cc1cc(C)c(-c2cc(CCN)nn2C)cc1C. The molecule has 1 aromatic heterocycles. The Morgan fingerprint density at radius 2 is 1.72 bits per heavy atom. The van der Waals surface area contributed by atoms with Crippen molar-refractivity contribution in [2.24, 2.45) is 12.8 Å². The van der Waals surface area contributed by atoms with Gasteiger partial charge in [0.15, 0.2) is 0 Å². The first kappa shape index (κ1) is 12.8. The van der Waals surface area contributed by atoms with Gasteiger partial charge < -0.3 is 5.73 Å². The minimum absolute atomic E-state index is 0.641. The van der Waals surface area contributed by atoms with Crippen molar-refractivity contribution in [2.75, 3.05) is 6.54 Å². The number of hydrogen-bond acceptors (Lipinski definition) is 2. The first-order chi connectivity index (χ1) is 8.52. The van der Waals surface area contributed by atoms with Gasteiger partial charge in [0.2, 0.25) is 0 Å². The summed E-state index contributed by atoms with van der Waals surface area (Å²) in [6.07, 6.45) is 0.831. The lowest BCUT2D eigenvalue weighted by atomic mass is 9.98. The molecule has 1 heterocycles. The van der Waals surface area contributed by atoms with E-state index in [1.165, 1.54) is 27.9 Å². The van der Waals surface area contributed by atoms with Gasteiger partial charge in [-0.3, -0.25) is 4.68 Å². The van der Waals surface area contributed by atoms with Gasteiger partial charge >= 0.3 is 0 Å². The summed E-state index contributed by atoms with van der Waals surface area (Å²) in [5.74, 6) is 0. The summed E-state index contributed by atoms with van der Waals surface area (Å²) in [7, 11) is 1.99. The van der Waals surface area contributed by atoms with Crippen molar-refractivity contribution in [1.29, 1.82) is 0 Å². The fourth-order valence-corrected chi connectivity index (χ4v) is 2.29. The standard InChI is InChI=1S/C15H21N3/c1-10-7-12(3)14(8-11(10)2)15-9-13(5-6-16)17-18(15)4/h7-9H,5-6,16H2,1-4H3. The Bertz CT molecular complexity index is 567. The quantitative estimate of drug-likeness (QED) is 0.900. The molecule has 0 bridgehead atoms. The van der Waals surface area contributed by atoms with Gasteiger partial charge in [0, 0.05) is 19.0 Å². The molecular formula is C15H21N3. The first-order valence-corrected chi connectivity index (χ1v) is 6.34. The number of rotatable bonds is 3. The van der Waals surface area contributed by atoms with Crippen LogP contribution in [-0.2, 0) is 13.5 Å². The highest BCUT2D eigenvalue weighted by Crippen LogP contribution is 2.26. The molecule has 18 heavy (non-hydrogen) atoms. The second-order valence-corrected chi connectivity index (χ2v) is 4.93. The van der Waals surface area contributed by atoms with Gasteiger partial charge in [-0.1, -0.05) is 6.07 Å². The van der Waals surface area contributed by atoms with E-state index in [0.717, 1.165) is 12.1 Å². The monoisotopic (exact) mass is 243 g/mol. The highest BCUT2D eigenvalue weighted by molar-refractivity contribution is 5.66. The van der Waals surface area contributed by atoms with E-state index < -0.39 is 0 Å². The van der Waals surface area contributed by atoms with Gasteiger partial charge in [0.05, 0.1) is 11.4 Å². The molecule has 0 aliphatic carbocycles. The molecule has 0 unspecified atom stereocenters. The van der Waals surface area contributed by atoms with E-state index in [4.69, 9.17) is 5.73 Å². The van der Waals surface area contributed by atoms with Crippen molar-refractivity contribution in [1.82, 2.24) is 9.78 Å². The predicted octanol–water partition coefficient (Wildman–Crippen LogP) is 2.51. The number of nitrogens with zero attached hydrogens (tertiary/aromatic N) is 2. The van der Waals surface area contributed by atoms with Crippen LogP contribution in [0.4, 0.5) is 0 Å². The second kappa shape index (κ2) is 4.94. The van der Waals surface area contributed by atoms with Crippen LogP contribution < -0.4 is 5.73 Å². The molecule has 0 fully saturated rings. The third kappa shape index (κ3) is 2.31. The largest absolute Gasteiger partial charge is 0.330 e. The number of aryl methyl sites for hydroxylation is 4. The Labute approximate surface area is 109 Å². The van der Waals surface area contributed by atoms with Gasteiger partial charge in [-0.15, -0.1) is 0 Å². The minimum Gasteiger partial charge on any atom is -0.330 e. The molecule has 2 aromatic rings. The smallest absolute Gasteiger partial charge is 0.0684 e. The van der Waals surface area contributed by atoms with Crippen LogP contribution in [0.5, 0.6) is 0 Å². The number of nitrogens with two attached hydrogens (primary N) is 1. The minimum atomic E-state index is 0.641. The van der Waals surface area contributed by atoms with Crippen LogP contribution in [0.15, 0.2) is 18.2 Å². The molecule has 2 rings (SSSR count). The summed E-state index contributed by atoms with van der Waals surface area (Å²) in [4.78, 5) is 0. The summed E-state index contributed by atoms with van der Waals surface area (Å²) < 4.78 is 1.95. The van der Waals surface area contributed by atoms with Gasteiger partial charge in [0.1, 0.15) is 0 Å². The Balaban J connectivity index is 2.51. The van der Waals surface area contributed by atoms with Crippen molar-refractivity contribution in [3.05, 3.63) is 40.6 Å². The van der Waals surface area contributed by atoms with E-state index in [1.54, 1.807) is 0 Å². The Kier molecular flexibility index (Phi) is 3.53.